The summed E-state index contributed by atoms with van der Waals surface area (Å²) in [5.41, 5.74) is 0. The lowest BCUT2D eigenvalue weighted by Gasteiger charge is -2.00. The molecule has 116 valence electrons. The van der Waals surface area contributed by atoms with Gasteiger partial charge < -0.3 is 4.79 Å². The van der Waals surface area contributed by atoms with Crippen molar-refractivity contribution in [3.8, 4) is 0 Å². The number of ketones is 1. The topological polar surface area (TPSA) is 17.1 Å². The molecular formula is C19H34O. The Labute approximate surface area is 126 Å². The van der Waals surface area contributed by atoms with Crippen LogP contribution in [0.5, 0.6) is 0 Å². The Kier molecular flexibility index (Phi) is 15.5. The molecular weight excluding hydrogens is 244 g/mol. The monoisotopic (exact) mass is 278 g/mol. The molecule has 0 fully saturated rings. The standard InChI is InChI=1S/C19H34O/c1-3-4-5-6-7-8-9-10-11-12-13-14-15-16-17-18-19(2)20/h6-9H,3-5,10-18H2,1-2H3/b7-6+,9-8-. The van der Waals surface area contributed by atoms with Gasteiger partial charge >= 0.3 is 0 Å². The van der Waals surface area contributed by atoms with Crippen LogP contribution in [-0.2, 0) is 4.79 Å². The summed E-state index contributed by atoms with van der Waals surface area (Å²) < 4.78 is 0. The summed E-state index contributed by atoms with van der Waals surface area (Å²) in [5.74, 6) is 0.334. The maximum Gasteiger partial charge on any atom is 0.129 e. The van der Waals surface area contributed by atoms with Crippen LogP contribution in [0.2, 0.25) is 0 Å². The molecule has 0 saturated heterocycles. The molecule has 0 saturated carbocycles. The van der Waals surface area contributed by atoms with Crippen LogP contribution in [0.15, 0.2) is 24.3 Å². The zero-order chi connectivity index (χ0) is 14.9. The van der Waals surface area contributed by atoms with E-state index in [1.54, 1.807) is 6.92 Å². The Morgan fingerprint density at radius 3 is 1.80 bits per heavy atom. The molecule has 0 aromatic carbocycles. The predicted octanol–water partition coefficient (Wildman–Crippen LogP) is 6.39. The van der Waals surface area contributed by atoms with Crippen LogP contribution in [0, 0.1) is 0 Å². The predicted molar refractivity (Wildman–Crippen MR) is 90.0 cm³/mol. The average Bonchev–Trinajstić information content (AvgIpc) is 2.43. The fourth-order valence-electron chi connectivity index (χ4n) is 2.19. The van der Waals surface area contributed by atoms with Crippen molar-refractivity contribution >= 4 is 5.78 Å². The lowest BCUT2D eigenvalue weighted by molar-refractivity contribution is -0.117. The molecule has 0 heterocycles. The minimum absolute atomic E-state index is 0.334. The molecule has 0 atom stereocenters. The fourth-order valence-corrected chi connectivity index (χ4v) is 2.19. The number of allylic oxidation sites excluding steroid dienone is 4. The highest BCUT2D eigenvalue weighted by molar-refractivity contribution is 5.75. The minimum Gasteiger partial charge on any atom is -0.300 e. The van der Waals surface area contributed by atoms with Crippen molar-refractivity contribution in [1.82, 2.24) is 0 Å². The maximum atomic E-state index is 10.8. The second kappa shape index (κ2) is 16.2. The second-order valence-electron chi connectivity index (χ2n) is 5.71. The highest BCUT2D eigenvalue weighted by Crippen LogP contribution is 2.10. The summed E-state index contributed by atoms with van der Waals surface area (Å²) in [4.78, 5) is 10.8. The third kappa shape index (κ3) is 17.2. The van der Waals surface area contributed by atoms with Gasteiger partial charge in [0, 0.05) is 6.42 Å². The van der Waals surface area contributed by atoms with Crippen LogP contribution < -0.4 is 0 Å². The van der Waals surface area contributed by atoms with E-state index in [0.717, 1.165) is 12.8 Å². The maximum absolute atomic E-state index is 10.8. The normalized spacial score (nSPS) is 11.7. The fraction of sp³-hybridized carbons (Fsp3) is 0.737. The molecule has 0 aliphatic carbocycles. The average molecular weight is 278 g/mol. The number of carbonyl (C=O) groups excluding carboxylic acids is 1. The number of rotatable bonds is 14. The number of carbonyl (C=O) groups is 1. The summed E-state index contributed by atoms with van der Waals surface area (Å²) in [5, 5.41) is 0. The van der Waals surface area contributed by atoms with E-state index in [2.05, 4.69) is 31.2 Å². The van der Waals surface area contributed by atoms with Crippen molar-refractivity contribution in [2.45, 2.75) is 90.9 Å². The third-order valence-corrected chi connectivity index (χ3v) is 3.51. The van der Waals surface area contributed by atoms with Gasteiger partial charge in [-0.25, -0.2) is 0 Å². The molecule has 1 nitrogen and oxygen atoms in total. The van der Waals surface area contributed by atoms with E-state index >= 15 is 0 Å². The SMILES string of the molecule is CCCC/C=C/C=C\CCCCCCCCCC(C)=O. The van der Waals surface area contributed by atoms with E-state index in [-0.39, 0.29) is 0 Å². The molecule has 0 N–H and O–H groups in total. The number of Topliss-reactive ketones (excluding diaryl/α,β-unsaturated/α-hetero) is 1. The molecule has 0 bridgehead atoms. The van der Waals surface area contributed by atoms with Gasteiger partial charge in [0.1, 0.15) is 5.78 Å². The van der Waals surface area contributed by atoms with E-state index in [0.29, 0.717) is 5.78 Å². The van der Waals surface area contributed by atoms with Gasteiger partial charge in [0.05, 0.1) is 0 Å². The van der Waals surface area contributed by atoms with Gasteiger partial charge in [-0.2, -0.15) is 0 Å². The first-order valence-electron chi connectivity index (χ1n) is 8.58. The van der Waals surface area contributed by atoms with Gasteiger partial charge in [0.15, 0.2) is 0 Å². The van der Waals surface area contributed by atoms with E-state index < -0.39 is 0 Å². The van der Waals surface area contributed by atoms with Crippen molar-refractivity contribution in [1.29, 1.82) is 0 Å². The van der Waals surface area contributed by atoms with Gasteiger partial charge in [0.2, 0.25) is 0 Å². The first-order valence-corrected chi connectivity index (χ1v) is 8.58. The first-order chi connectivity index (χ1) is 9.77. The largest absolute Gasteiger partial charge is 0.300 e. The van der Waals surface area contributed by atoms with E-state index in [9.17, 15) is 4.79 Å². The van der Waals surface area contributed by atoms with Crippen LogP contribution >= 0.6 is 0 Å². The van der Waals surface area contributed by atoms with Crippen molar-refractivity contribution in [3.63, 3.8) is 0 Å². The quantitative estimate of drug-likeness (QED) is 0.266. The molecule has 0 spiro atoms. The summed E-state index contributed by atoms with van der Waals surface area (Å²) in [6.07, 6.45) is 23.7. The molecule has 20 heavy (non-hydrogen) atoms. The van der Waals surface area contributed by atoms with Crippen molar-refractivity contribution in [3.05, 3.63) is 24.3 Å². The van der Waals surface area contributed by atoms with E-state index in [1.165, 1.54) is 64.2 Å². The molecule has 0 aromatic heterocycles. The minimum atomic E-state index is 0.334. The molecule has 1 heteroatoms. The van der Waals surface area contributed by atoms with Gasteiger partial charge in [-0.3, -0.25) is 0 Å². The molecule has 0 rings (SSSR count). The third-order valence-electron chi connectivity index (χ3n) is 3.51. The number of hydrogen-bond donors (Lipinski definition) is 0. The van der Waals surface area contributed by atoms with Crippen LogP contribution in [0.1, 0.15) is 90.9 Å². The zero-order valence-corrected chi connectivity index (χ0v) is 13.7. The van der Waals surface area contributed by atoms with Gasteiger partial charge in [-0.05, 0) is 32.6 Å². The van der Waals surface area contributed by atoms with Crippen LogP contribution in [-0.4, -0.2) is 5.78 Å². The van der Waals surface area contributed by atoms with Crippen molar-refractivity contribution in [2.75, 3.05) is 0 Å². The second-order valence-corrected chi connectivity index (χ2v) is 5.71. The van der Waals surface area contributed by atoms with Crippen molar-refractivity contribution in [2.24, 2.45) is 0 Å². The summed E-state index contributed by atoms with van der Waals surface area (Å²) in [6, 6.07) is 0. The Balaban J connectivity index is 3.14. The van der Waals surface area contributed by atoms with Crippen LogP contribution in [0.3, 0.4) is 0 Å². The molecule has 0 unspecified atom stereocenters. The summed E-state index contributed by atoms with van der Waals surface area (Å²) >= 11 is 0. The molecule has 0 radical (unpaired) electrons. The van der Waals surface area contributed by atoms with E-state index in [4.69, 9.17) is 0 Å². The lowest BCUT2D eigenvalue weighted by atomic mass is 10.1. The molecule has 0 amide bonds. The number of unbranched alkanes of at least 4 members (excludes halogenated alkanes) is 9. The van der Waals surface area contributed by atoms with Crippen molar-refractivity contribution < 1.29 is 4.79 Å². The zero-order valence-electron chi connectivity index (χ0n) is 13.7. The Morgan fingerprint density at radius 2 is 1.25 bits per heavy atom. The lowest BCUT2D eigenvalue weighted by Crippen LogP contribution is -1.89. The Morgan fingerprint density at radius 1 is 0.750 bits per heavy atom. The van der Waals surface area contributed by atoms with Crippen LogP contribution in [0.4, 0.5) is 0 Å². The molecule has 0 aromatic rings. The van der Waals surface area contributed by atoms with Crippen LogP contribution in [0.25, 0.3) is 0 Å². The molecule has 0 aliphatic heterocycles. The Bertz CT molecular complexity index is 263. The highest BCUT2D eigenvalue weighted by atomic mass is 16.1. The van der Waals surface area contributed by atoms with E-state index in [1.807, 2.05) is 0 Å². The summed E-state index contributed by atoms with van der Waals surface area (Å²) in [6.45, 7) is 3.92. The van der Waals surface area contributed by atoms with Gasteiger partial charge in [-0.15, -0.1) is 0 Å². The Hall–Kier alpha value is -0.850. The smallest absolute Gasteiger partial charge is 0.129 e. The van der Waals surface area contributed by atoms with Gasteiger partial charge in [0.25, 0.3) is 0 Å². The molecule has 0 aliphatic rings. The highest BCUT2D eigenvalue weighted by Gasteiger charge is 1.94. The van der Waals surface area contributed by atoms with Gasteiger partial charge in [-0.1, -0.05) is 76.2 Å². The summed E-state index contributed by atoms with van der Waals surface area (Å²) in [7, 11) is 0. The first kappa shape index (κ1) is 19.1. The number of hydrogen-bond acceptors (Lipinski definition) is 1.